The molecular weight excluding hydrogens is 452 g/mol. The molecule has 0 heterocycles. The van der Waals surface area contributed by atoms with Gasteiger partial charge >= 0.3 is 0 Å². The number of carbonyl (C=O) groups is 2. The van der Waals surface area contributed by atoms with Crippen LogP contribution in [-0.4, -0.2) is 29.8 Å². The summed E-state index contributed by atoms with van der Waals surface area (Å²) in [6.45, 7) is 2.38. The van der Waals surface area contributed by atoms with Gasteiger partial charge in [-0.1, -0.05) is 88.2 Å². The minimum Gasteiger partial charge on any atom is -0.357 e. The van der Waals surface area contributed by atoms with E-state index in [-0.39, 0.29) is 18.2 Å². The van der Waals surface area contributed by atoms with Gasteiger partial charge in [0.1, 0.15) is 6.04 Å². The van der Waals surface area contributed by atoms with Crippen LogP contribution in [0.2, 0.25) is 0 Å². The van der Waals surface area contributed by atoms with Crippen LogP contribution >= 0.6 is 15.9 Å². The molecule has 3 rings (SSSR count). The zero-order valence-electron chi connectivity index (χ0n) is 17.8. The third-order valence-electron chi connectivity index (χ3n) is 5.24. The largest absolute Gasteiger partial charge is 0.357 e. The van der Waals surface area contributed by atoms with Gasteiger partial charge in [-0.05, 0) is 35.7 Å². The summed E-state index contributed by atoms with van der Waals surface area (Å²) in [5.74, 6) is -0.246. The van der Waals surface area contributed by atoms with Crippen molar-refractivity contribution in [3.63, 3.8) is 0 Å². The predicted octanol–water partition coefficient (Wildman–Crippen LogP) is 4.69. The fourth-order valence-corrected chi connectivity index (χ4v) is 3.98. The van der Waals surface area contributed by atoms with E-state index in [2.05, 4.69) is 21.2 Å². The molecule has 0 aromatic heterocycles. The van der Waals surface area contributed by atoms with Crippen molar-refractivity contribution >= 4 is 27.7 Å². The fourth-order valence-electron chi connectivity index (χ4n) is 3.53. The van der Waals surface area contributed by atoms with E-state index in [1.807, 2.05) is 85.8 Å². The van der Waals surface area contributed by atoms with Gasteiger partial charge < -0.3 is 10.2 Å². The minimum atomic E-state index is -0.607. The molecule has 0 radical (unpaired) electrons. The van der Waals surface area contributed by atoms with Crippen molar-refractivity contribution in [1.82, 2.24) is 10.2 Å². The molecule has 0 bridgehead atoms. The maximum atomic E-state index is 13.5. The third kappa shape index (κ3) is 6.53. The Morgan fingerprint density at radius 3 is 2.23 bits per heavy atom. The van der Waals surface area contributed by atoms with Gasteiger partial charge in [0.2, 0.25) is 11.8 Å². The quantitative estimate of drug-likeness (QED) is 0.510. The number of hydrogen-bond acceptors (Lipinski definition) is 2. The van der Waals surface area contributed by atoms with Gasteiger partial charge in [0.25, 0.3) is 0 Å². The fraction of sp³-hybridized carbons (Fsp3) is 0.231. The second kappa shape index (κ2) is 10.9. The van der Waals surface area contributed by atoms with E-state index < -0.39 is 6.04 Å². The van der Waals surface area contributed by atoms with Crippen LogP contribution < -0.4 is 5.32 Å². The second-order valence-corrected chi connectivity index (χ2v) is 8.55. The Hall–Kier alpha value is -2.92. The minimum absolute atomic E-state index is 0.0756. The van der Waals surface area contributed by atoms with Crippen LogP contribution in [0.15, 0.2) is 83.3 Å². The van der Waals surface area contributed by atoms with Gasteiger partial charge in [-0.15, -0.1) is 0 Å². The highest BCUT2D eigenvalue weighted by Gasteiger charge is 2.29. The van der Waals surface area contributed by atoms with Crippen molar-refractivity contribution in [1.29, 1.82) is 0 Å². The van der Waals surface area contributed by atoms with E-state index in [0.717, 1.165) is 26.7 Å². The standard InChI is InChI=1S/C26H27BrN2O2/c1-19-11-13-21(14-12-19)17-25(30)29(18-22-9-6-10-23(27)15-22)24(26(31)28-2)16-20-7-4-3-5-8-20/h3-15,24H,16-18H2,1-2H3,(H,28,31)/t24-/m0/s1. The molecule has 0 aliphatic carbocycles. The van der Waals surface area contributed by atoms with Crippen molar-refractivity contribution < 1.29 is 9.59 Å². The lowest BCUT2D eigenvalue weighted by Gasteiger charge is -2.31. The first-order valence-electron chi connectivity index (χ1n) is 10.3. The average molecular weight is 479 g/mol. The third-order valence-corrected chi connectivity index (χ3v) is 5.73. The van der Waals surface area contributed by atoms with Crippen LogP contribution in [0, 0.1) is 6.92 Å². The molecule has 2 amide bonds. The topological polar surface area (TPSA) is 49.4 Å². The SMILES string of the molecule is CNC(=O)[C@H](Cc1ccccc1)N(Cc1cccc(Br)c1)C(=O)Cc1ccc(C)cc1. The Bertz CT molecular complexity index is 1020. The number of halogens is 1. The van der Waals surface area contributed by atoms with Gasteiger partial charge in [0.15, 0.2) is 0 Å². The summed E-state index contributed by atoms with van der Waals surface area (Å²) in [5, 5.41) is 2.75. The number of hydrogen-bond donors (Lipinski definition) is 1. The highest BCUT2D eigenvalue weighted by molar-refractivity contribution is 9.10. The van der Waals surface area contributed by atoms with Gasteiger partial charge in [-0.3, -0.25) is 9.59 Å². The lowest BCUT2D eigenvalue weighted by atomic mass is 10.0. The Balaban J connectivity index is 1.93. The Kier molecular flexibility index (Phi) is 8.01. The summed E-state index contributed by atoms with van der Waals surface area (Å²) in [6, 6.07) is 25.0. The molecule has 1 atom stereocenters. The molecule has 1 N–H and O–H groups in total. The Morgan fingerprint density at radius 2 is 1.58 bits per heavy atom. The van der Waals surface area contributed by atoms with Gasteiger partial charge in [0, 0.05) is 24.5 Å². The molecule has 0 fully saturated rings. The molecule has 0 saturated heterocycles. The summed E-state index contributed by atoms with van der Waals surface area (Å²) in [7, 11) is 1.61. The number of nitrogens with zero attached hydrogens (tertiary/aromatic N) is 1. The first-order chi connectivity index (χ1) is 15.0. The number of benzene rings is 3. The van der Waals surface area contributed by atoms with E-state index >= 15 is 0 Å². The molecule has 5 heteroatoms. The molecule has 160 valence electrons. The van der Waals surface area contributed by atoms with E-state index in [1.54, 1.807) is 11.9 Å². The number of likely N-dealkylation sites (N-methyl/N-ethyl adjacent to an activating group) is 1. The normalized spacial score (nSPS) is 11.6. The lowest BCUT2D eigenvalue weighted by Crippen LogP contribution is -2.50. The maximum absolute atomic E-state index is 13.5. The average Bonchev–Trinajstić information content (AvgIpc) is 2.78. The van der Waals surface area contributed by atoms with Crippen LogP contribution in [0.25, 0.3) is 0 Å². The van der Waals surface area contributed by atoms with Gasteiger partial charge in [-0.25, -0.2) is 0 Å². The smallest absolute Gasteiger partial charge is 0.242 e. The predicted molar refractivity (Wildman–Crippen MR) is 128 cm³/mol. The first-order valence-corrected chi connectivity index (χ1v) is 11.1. The Morgan fingerprint density at radius 1 is 0.903 bits per heavy atom. The molecule has 0 unspecified atom stereocenters. The molecule has 3 aromatic carbocycles. The van der Waals surface area contributed by atoms with E-state index in [0.29, 0.717) is 13.0 Å². The van der Waals surface area contributed by atoms with Crippen LogP contribution in [0.4, 0.5) is 0 Å². The lowest BCUT2D eigenvalue weighted by molar-refractivity contribution is -0.140. The summed E-state index contributed by atoms with van der Waals surface area (Å²) in [4.78, 5) is 28.1. The van der Waals surface area contributed by atoms with Crippen molar-refractivity contribution in [3.05, 3.63) is 106 Å². The van der Waals surface area contributed by atoms with Gasteiger partial charge in [0.05, 0.1) is 6.42 Å². The number of nitrogens with one attached hydrogen (secondary N) is 1. The van der Waals surface area contributed by atoms with Crippen LogP contribution in [-0.2, 0) is 29.0 Å². The highest BCUT2D eigenvalue weighted by atomic mass is 79.9. The van der Waals surface area contributed by atoms with Crippen molar-refractivity contribution in [2.24, 2.45) is 0 Å². The van der Waals surface area contributed by atoms with E-state index in [4.69, 9.17) is 0 Å². The summed E-state index contributed by atoms with van der Waals surface area (Å²) in [5.41, 5.74) is 4.06. The molecule has 0 saturated carbocycles. The van der Waals surface area contributed by atoms with Gasteiger partial charge in [-0.2, -0.15) is 0 Å². The molecule has 0 aliphatic heterocycles. The summed E-state index contributed by atoms with van der Waals surface area (Å²) >= 11 is 3.50. The second-order valence-electron chi connectivity index (χ2n) is 7.63. The van der Waals surface area contributed by atoms with Crippen molar-refractivity contribution in [2.75, 3.05) is 7.05 Å². The maximum Gasteiger partial charge on any atom is 0.242 e. The zero-order chi connectivity index (χ0) is 22.2. The van der Waals surface area contributed by atoms with Crippen molar-refractivity contribution in [3.8, 4) is 0 Å². The van der Waals surface area contributed by atoms with E-state index in [9.17, 15) is 9.59 Å². The molecule has 3 aromatic rings. The number of carbonyl (C=O) groups excluding carboxylic acids is 2. The monoisotopic (exact) mass is 478 g/mol. The van der Waals surface area contributed by atoms with E-state index in [1.165, 1.54) is 0 Å². The molecule has 0 aliphatic rings. The highest BCUT2D eigenvalue weighted by Crippen LogP contribution is 2.19. The summed E-state index contributed by atoms with van der Waals surface area (Å²) < 4.78 is 0.940. The Labute approximate surface area is 192 Å². The molecule has 0 spiro atoms. The molecule has 4 nitrogen and oxygen atoms in total. The first kappa shape index (κ1) is 22.8. The molecule has 31 heavy (non-hydrogen) atoms. The number of aryl methyl sites for hydroxylation is 1. The van der Waals surface area contributed by atoms with Crippen molar-refractivity contribution in [2.45, 2.75) is 32.4 Å². The van der Waals surface area contributed by atoms with Crippen LogP contribution in [0.3, 0.4) is 0 Å². The van der Waals surface area contributed by atoms with Crippen LogP contribution in [0.1, 0.15) is 22.3 Å². The number of amides is 2. The van der Waals surface area contributed by atoms with Crippen LogP contribution in [0.5, 0.6) is 0 Å². The summed E-state index contributed by atoms with van der Waals surface area (Å²) in [6.07, 6.45) is 0.699. The zero-order valence-corrected chi connectivity index (χ0v) is 19.4. The number of rotatable bonds is 8. The molecular formula is C26H27BrN2O2.